The predicted octanol–water partition coefficient (Wildman–Crippen LogP) is 6.12. The fourth-order valence-corrected chi connectivity index (χ4v) is 8.48. The molecule has 2 saturated heterocycles. The van der Waals surface area contributed by atoms with Crippen LogP contribution in [0.4, 0.5) is 28.7 Å². The zero-order valence-electron chi connectivity index (χ0n) is 26.0. The Bertz CT molecular complexity index is 1960. The smallest absolute Gasteiger partial charge is 0.182 e. The Hall–Kier alpha value is -3.92. The maximum Gasteiger partial charge on any atom is 0.182 e. The molecule has 0 aliphatic carbocycles. The van der Waals surface area contributed by atoms with E-state index in [2.05, 4.69) is 61.5 Å². The van der Waals surface area contributed by atoms with E-state index in [4.69, 9.17) is 25.7 Å². The molecule has 3 aromatic heterocycles. The van der Waals surface area contributed by atoms with Gasteiger partial charge in [-0.05, 0) is 62.4 Å². The van der Waals surface area contributed by atoms with Gasteiger partial charge in [-0.2, -0.15) is 0 Å². The lowest BCUT2D eigenvalue weighted by Crippen LogP contribution is -2.27. The number of benzene rings is 2. The van der Waals surface area contributed by atoms with Gasteiger partial charge in [-0.25, -0.2) is 9.97 Å². The Morgan fingerprint density at radius 1 is 1.00 bits per heavy atom. The molecule has 11 nitrogen and oxygen atoms in total. The van der Waals surface area contributed by atoms with Crippen LogP contribution in [-0.2, 0) is 11.0 Å². The van der Waals surface area contributed by atoms with Crippen molar-refractivity contribution in [1.29, 1.82) is 0 Å². The molecular formula is C32H36ClN8O3P. The van der Waals surface area contributed by atoms with Crippen LogP contribution in [-0.4, -0.2) is 78.5 Å². The Balaban J connectivity index is 1.27. The SMILES string of the molecule is CCc1cc(Nc2nc(Nc3ccc4nccnc4c3P(C)(C)=O)c(Cl)c3ocnc23)c(OC)cc1N1C[C@H]2CN(C)C[C@H]2C1. The highest BCUT2D eigenvalue weighted by molar-refractivity contribution is 7.71. The third kappa shape index (κ3) is 5.37. The van der Waals surface area contributed by atoms with Crippen LogP contribution in [0.2, 0.25) is 5.02 Å². The number of hydrogen-bond donors (Lipinski definition) is 2. The Morgan fingerprint density at radius 2 is 1.73 bits per heavy atom. The number of halogens is 1. The molecule has 2 N–H and O–H groups in total. The summed E-state index contributed by atoms with van der Waals surface area (Å²) >= 11 is 6.82. The van der Waals surface area contributed by atoms with Crippen LogP contribution in [0, 0.1) is 11.8 Å². The number of methoxy groups -OCH3 is 1. The molecular weight excluding hydrogens is 611 g/mol. The first-order valence-corrected chi connectivity index (χ1v) is 18.0. The first kappa shape index (κ1) is 29.8. The minimum atomic E-state index is -2.81. The van der Waals surface area contributed by atoms with E-state index in [1.54, 1.807) is 32.8 Å². The molecule has 2 aliphatic heterocycles. The highest BCUT2D eigenvalue weighted by atomic mass is 35.5. The van der Waals surface area contributed by atoms with Crippen molar-refractivity contribution in [2.45, 2.75) is 13.3 Å². The molecule has 0 amide bonds. The van der Waals surface area contributed by atoms with Crippen molar-refractivity contribution in [2.24, 2.45) is 11.8 Å². The molecule has 234 valence electrons. The average molecular weight is 647 g/mol. The molecule has 5 heterocycles. The standard InChI is InChI=1S/C32H36ClN8O3P/c1-6-18-11-23(25(43-3)12-24(18)41-15-19-13-40(2)14-20(19)16-41)38-32-28-29(44-17-36-28)26(33)31(39-32)37-22-8-7-21-27(35-10-9-34-21)30(22)45(4,5)42/h7-12,17,19-20H,6,13-16H2,1-5H3,(H2,37,38,39)/t19-,20+. The number of aromatic nitrogens is 4. The van der Waals surface area contributed by atoms with E-state index in [0.717, 1.165) is 38.3 Å². The summed E-state index contributed by atoms with van der Waals surface area (Å²) in [5.41, 5.74) is 5.84. The minimum Gasteiger partial charge on any atom is -0.494 e. The van der Waals surface area contributed by atoms with E-state index in [9.17, 15) is 4.57 Å². The largest absolute Gasteiger partial charge is 0.494 e. The molecule has 2 fully saturated rings. The van der Waals surface area contributed by atoms with Gasteiger partial charge < -0.3 is 34.2 Å². The number of rotatable bonds is 8. The normalized spacial score (nSPS) is 18.6. The van der Waals surface area contributed by atoms with Crippen LogP contribution >= 0.6 is 18.7 Å². The number of anilines is 5. The predicted molar refractivity (Wildman–Crippen MR) is 181 cm³/mol. The van der Waals surface area contributed by atoms with Crippen molar-refractivity contribution < 1.29 is 13.7 Å². The molecule has 0 spiro atoms. The summed E-state index contributed by atoms with van der Waals surface area (Å²) in [6.07, 6.45) is 5.41. The van der Waals surface area contributed by atoms with Crippen LogP contribution in [0.1, 0.15) is 12.5 Å². The number of aryl methyl sites for hydroxylation is 1. The number of oxazole rings is 1. The van der Waals surface area contributed by atoms with Crippen molar-refractivity contribution in [3.05, 3.63) is 53.6 Å². The lowest BCUT2D eigenvalue weighted by atomic mass is 10.0. The van der Waals surface area contributed by atoms with Crippen LogP contribution < -0.4 is 25.6 Å². The van der Waals surface area contributed by atoms with E-state index < -0.39 is 7.14 Å². The molecule has 0 radical (unpaired) electrons. The molecule has 45 heavy (non-hydrogen) atoms. The monoisotopic (exact) mass is 646 g/mol. The van der Waals surface area contributed by atoms with Gasteiger partial charge in [0.1, 0.15) is 23.4 Å². The summed E-state index contributed by atoms with van der Waals surface area (Å²) in [6.45, 7) is 9.98. The van der Waals surface area contributed by atoms with Gasteiger partial charge in [-0.3, -0.25) is 9.97 Å². The third-order valence-electron chi connectivity index (χ3n) is 8.87. The number of likely N-dealkylation sites (tertiary alicyclic amines) is 1. The molecule has 5 aromatic rings. The highest BCUT2D eigenvalue weighted by Gasteiger charge is 2.39. The molecule has 0 bridgehead atoms. The van der Waals surface area contributed by atoms with Crippen LogP contribution in [0.25, 0.3) is 22.1 Å². The zero-order valence-corrected chi connectivity index (χ0v) is 27.6. The van der Waals surface area contributed by atoms with Crippen molar-refractivity contribution in [2.75, 3.05) is 69.2 Å². The maximum atomic E-state index is 13.5. The number of fused-ring (bicyclic) bond motifs is 3. The number of hydrogen-bond acceptors (Lipinski definition) is 11. The van der Waals surface area contributed by atoms with E-state index in [0.29, 0.717) is 62.3 Å². The molecule has 7 rings (SSSR count). The van der Waals surface area contributed by atoms with E-state index in [1.165, 1.54) is 17.6 Å². The topological polar surface area (TPSA) is 122 Å². The van der Waals surface area contributed by atoms with Crippen LogP contribution in [0.15, 0.2) is 47.5 Å². The van der Waals surface area contributed by atoms with Gasteiger partial charge in [-0.15, -0.1) is 0 Å². The molecule has 0 unspecified atom stereocenters. The van der Waals surface area contributed by atoms with Crippen molar-refractivity contribution >= 4 is 74.9 Å². The van der Waals surface area contributed by atoms with E-state index in [1.807, 2.05) is 12.1 Å². The van der Waals surface area contributed by atoms with Crippen molar-refractivity contribution in [1.82, 2.24) is 24.8 Å². The van der Waals surface area contributed by atoms with Gasteiger partial charge in [0.15, 0.2) is 29.1 Å². The average Bonchev–Trinajstić information content (AvgIpc) is 3.74. The Labute approximate surface area is 266 Å². The molecule has 2 aromatic carbocycles. The quantitative estimate of drug-likeness (QED) is 0.190. The van der Waals surface area contributed by atoms with Gasteiger partial charge in [0.25, 0.3) is 0 Å². The number of nitrogens with zero attached hydrogens (tertiary/aromatic N) is 6. The summed E-state index contributed by atoms with van der Waals surface area (Å²) in [4.78, 5) is 23.1. The minimum absolute atomic E-state index is 0.252. The van der Waals surface area contributed by atoms with Crippen LogP contribution in [0.5, 0.6) is 5.75 Å². The second-order valence-corrected chi connectivity index (χ2v) is 15.8. The molecule has 13 heteroatoms. The van der Waals surface area contributed by atoms with E-state index >= 15 is 0 Å². The second-order valence-electron chi connectivity index (χ2n) is 12.3. The molecule has 2 atom stereocenters. The summed E-state index contributed by atoms with van der Waals surface area (Å²) < 4.78 is 25.1. The second kappa shape index (κ2) is 11.5. The first-order chi connectivity index (χ1) is 21.6. The Morgan fingerprint density at radius 3 is 2.44 bits per heavy atom. The van der Waals surface area contributed by atoms with Gasteiger partial charge in [-0.1, -0.05) is 18.5 Å². The fraction of sp³-hybridized carbons (Fsp3) is 0.375. The summed E-state index contributed by atoms with van der Waals surface area (Å²) in [7, 11) is 1.08. The zero-order chi connectivity index (χ0) is 31.5. The van der Waals surface area contributed by atoms with Gasteiger partial charge in [0.2, 0.25) is 0 Å². The first-order valence-electron chi connectivity index (χ1n) is 15.0. The van der Waals surface area contributed by atoms with Crippen LogP contribution in [0.3, 0.4) is 0 Å². The number of pyridine rings is 1. The van der Waals surface area contributed by atoms with Gasteiger partial charge in [0.05, 0.1) is 29.3 Å². The van der Waals surface area contributed by atoms with Crippen molar-refractivity contribution in [3.8, 4) is 5.75 Å². The van der Waals surface area contributed by atoms with Gasteiger partial charge in [0, 0.05) is 50.3 Å². The van der Waals surface area contributed by atoms with E-state index in [-0.39, 0.29) is 5.02 Å². The maximum absolute atomic E-state index is 13.5. The Kier molecular flexibility index (Phi) is 7.58. The molecule has 2 aliphatic rings. The highest BCUT2D eigenvalue weighted by Crippen LogP contribution is 2.44. The number of nitrogens with one attached hydrogen (secondary N) is 2. The van der Waals surface area contributed by atoms with Gasteiger partial charge >= 0.3 is 0 Å². The lowest BCUT2D eigenvalue weighted by molar-refractivity contribution is 0.387. The summed E-state index contributed by atoms with van der Waals surface area (Å²) in [5.74, 6) is 2.85. The van der Waals surface area contributed by atoms with Crippen molar-refractivity contribution in [3.63, 3.8) is 0 Å². The fourth-order valence-electron chi connectivity index (χ4n) is 6.87. The third-order valence-corrected chi connectivity index (χ3v) is 10.8. The molecule has 0 saturated carbocycles. The number of ether oxygens (including phenoxy) is 1. The summed E-state index contributed by atoms with van der Waals surface area (Å²) in [6, 6.07) is 7.91. The lowest BCUT2D eigenvalue weighted by Gasteiger charge is -2.26. The summed E-state index contributed by atoms with van der Waals surface area (Å²) in [5, 5.41) is 7.60.